The SMILES string of the molecule is CC(Nc1ncnc(NC(C)c2ccccc2)c1[N+](=O)[O-])c1ccccc1. The van der Waals surface area contributed by atoms with Crippen LogP contribution in [0.25, 0.3) is 0 Å². The zero-order valence-electron chi connectivity index (χ0n) is 15.2. The van der Waals surface area contributed by atoms with Crippen LogP contribution in [-0.2, 0) is 0 Å². The smallest absolute Gasteiger partial charge is 0.353 e. The molecule has 2 aromatic carbocycles. The molecule has 2 atom stereocenters. The highest BCUT2D eigenvalue weighted by atomic mass is 16.6. The molecule has 7 heteroatoms. The summed E-state index contributed by atoms with van der Waals surface area (Å²) in [5.41, 5.74) is 1.86. The maximum absolute atomic E-state index is 11.7. The third-order valence-electron chi connectivity index (χ3n) is 4.31. The van der Waals surface area contributed by atoms with Gasteiger partial charge in [-0.25, -0.2) is 9.97 Å². The normalized spacial score (nSPS) is 12.8. The summed E-state index contributed by atoms with van der Waals surface area (Å²) in [6.07, 6.45) is 1.33. The Balaban J connectivity index is 1.87. The summed E-state index contributed by atoms with van der Waals surface area (Å²) in [5.74, 6) is 0.378. The molecular formula is C20H21N5O2. The van der Waals surface area contributed by atoms with E-state index in [1.807, 2.05) is 74.5 Å². The van der Waals surface area contributed by atoms with Crippen molar-refractivity contribution in [2.75, 3.05) is 10.6 Å². The minimum atomic E-state index is -0.458. The fraction of sp³-hybridized carbons (Fsp3) is 0.200. The molecule has 0 amide bonds. The summed E-state index contributed by atoms with van der Waals surface area (Å²) >= 11 is 0. The van der Waals surface area contributed by atoms with Crippen LogP contribution in [0.5, 0.6) is 0 Å². The number of hydrogen-bond donors (Lipinski definition) is 2. The molecule has 0 radical (unpaired) electrons. The number of anilines is 2. The number of aromatic nitrogens is 2. The summed E-state index contributed by atoms with van der Waals surface area (Å²) in [4.78, 5) is 19.5. The van der Waals surface area contributed by atoms with Gasteiger partial charge in [-0.15, -0.1) is 0 Å². The summed E-state index contributed by atoms with van der Waals surface area (Å²) in [6, 6.07) is 19.1. The van der Waals surface area contributed by atoms with Crippen molar-refractivity contribution in [3.63, 3.8) is 0 Å². The van der Waals surface area contributed by atoms with Gasteiger partial charge in [0.05, 0.1) is 17.0 Å². The van der Waals surface area contributed by atoms with Crippen LogP contribution in [0, 0.1) is 10.1 Å². The first-order valence-corrected chi connectivity index (χ1v) is 8.68. The van der Waals surface area contributed by atoms with Gasteiger partial charge < -0.3 is 10.6 Å². The molecule has 0 saturated carbocycles. The minimum absolute atomic E-state index is 0.140. The van der Waals surface area contributed by atoms with Crippen LogP contribution < -0.4 is 10.6 Å². The second-order valence-corrected chi connectivity index (χ2v) is 6.23. The van der Waals surface area contributed by atoms with E-state index in [-0.39, 0.29) is 29.4 Å². The molecule has 0 bridgehead atoms. The average Bonchev–Trinajstić information content (AvgIpc) is 2.69. The van der Waals surface area contributed by atoms with E-state index in [9.17, 15) is 10.1 Å². The highest BCUT2D eigenvalue weighted by Gasteiger charge is 2.25. The Morgan fingerprint density at radius 3 is 1.59 bits per heavy atom. The minimum Gasteiger partial charge on any atom is -0.358 e. The fourth-order valence-corrected chi connectivity index (χ4v) is 2.82. The van der Waals surface area contributed by atoms with Crippen LogP contribution in [0.2, 0.25) is 0 Å². The monoisotopic (exact) mass is 363 g/mol. The zero-order valence-corrected chi connectivity index (χ0v) is 15.2. The van der Waals surface area contributed by atoms with Crippen molar-refractivity contribution in [1.29, 1.82) is 0 Å². The van der Waals surface area contributed by atoms with Gasteiger partial charge in [-0.3, -0.25) is 10.1 Å². The molecule has 27 heavy (non-hydrogen) atoms. The Morgan fingerprint density at radius 1 is 0.815 bits per heavy atom. The molecule has 0 aliphatic heterocycles. The third kappa shape index (κ3) is 4.38. The third-order valence-corrected chi connectivity index (χ3v) is 4.31. The summed E-state index contributed by atoms with van der Waals surface area (Å²) in [6.45, 7) is 3.86. The number of nitro groups is 1. The van der Waals surface area contributed by atoms with E-state index in [0.717, 1.165) is 11.1 Å². The first-order chi connectivity index (χ1) is 13.1. The van der Waals surface area contributed by atoms with Crippen molar-refractivity contribution in [2.45, 2.75) is 25.9 Å². The molecule has 1 heterocycles. The summed E-state index contributed by atoms with van der Waals surface area (Å²) < 4.78 is 0. The van der Waals surface area contributed by atoms with Crippen LogP contribution >= 0.6 is 0 Å². The molecule has 138 valence electrons. The second-order valence-electron chi connectivity index (χ2n) is 6.23. The highest BCUT2D eigenvalue weighted by Crippen LogP contribution is 2.33. The molecule has 0 spiro atoms. The molecular weight excluding hydrogens is 342 g/mol. The maximum Gasteiger partial charge on any atom is 0.353 e. The van der Waals surface area contributed by atoms with Gasteiger partial charge in [-0.2, -0.15) is 0 Å². The van der Waals surface area contributed by atoms with Gasteiger partial charge in [-0.05, 0) is 25.0 Å². The number of nitrogens with one attached hydrogen (secondary N) is 2. The molecule has 0 saturated heterocycles. The van der Waals surface area contributed by atoms with Crippen LogP contribution in [0.4, 0.5) is 17.3 Å². The van der Waals surface area contributed by atoms with Crippen molar-refractivity contribution < 1.29 is 4.92 Å². The number of benzene rings is 2. The van der Waals surface area contributed by atoms with Crippen LogP contribution in [-0.4, -0.2) is 14.9 Å². The summed E-state index contributed by atoms with van der Waals surface area (Å²) in [5, 5.41) is 18.0. The van der Waals surface area contributed by atoms with Gasteiger partial charge in [0.1, 0.15) is 6.33 Å². The molecule has 0 fully saturated rings. The average molecular weight is 363 g/mol. The maximum atomic E-state index is 11.7. The van der Waals surface area contributed by atoms with Gasteiger partial charge in [0.2, 0.25) is 11.6 Å². The molecule has 3 aromatic rings. The van der Waals surface area contributed by atoms with Gasteiger partial charge in [0, 0.05) is 0 Å². The summed E-state index contributed by atoms with van der Waals surface area (Å²) in [7, 11) is 0. The zero-order chi connectivity index (χ0) is 19.2. The predicted molar refractivity (Wildman–Crippen MR) is 106 cm³/mol. The van der Waals surface area contributed by atoms with Crippen molar-refractivity contribution in [3.8, 4) is 0 Å². The Hall–Kier alpha value is -3.48. The first kappa shape index (κ1) is 18.3. The number of hydrogen-bond acceptors (Lipinski definition) is 6. The van der Waals surface area contributed by atoms with Gasteiger partial charge in [-0.1, -0.05) is 60.7 Å². The van der Waals surface area contributed by atoms with E-state index in [1.54, 1.807) is 0 Å². The van der Waals surface area contributed by atoms with E-state index in [2.05, 4.69) is 20.6 Å². The van der Waals surface area contributed by atoms with E-state index >= 15 is 0 Å². The van der Waals surface area contributed by atoms with Gasteiger partial charge in [0.15, 0.2) is 0 Å². The molecule has 2 unspecified atom stereocenters. The standard InChI is InChI=1S/C20H21N5O2/c1-14(16-9-5-3-6-10-16)23-19-18(25(26)27)20(22-13-21-19)24-15(2)17-11-7-4-8-12-17/h3-15H,1-2H3,(H2,21,22,23,24). The largest absolute Gasteiger partial charge is 0.358 e. The van der Waals surface area contributed by atoms with Crippen LogP contribution in [0.3, 0.4) is 0 Å². The fourth-order valence-electron chi connectivity index (χ4n) is 2.82. The van der Waals surface area contributed by atoms with E-state index in [4.69, 9.17) is 0 Å². The number of rotatable bonds is 7. The highest BCUT2D eigenvalue weighted by molar-refractivity contribution is 5.70. The lowest BCUT2D eigenvalue weighted by Crippen LogP contribution is -2.14. The van der Waals surface area contributed by atoms with Gasteiger partial charge in [0.25, 0.3) is 0 Å². The second kappa shape index (κ2) is 8.27. The lowest BCUT2D eigenvalue weighted by atomic mass is 10.1. The van der Waals surface area contributed by atoms with E-state index < -0.39 is 4.92 Å². The van der Waals surface area contributed by atoms with Crippen LogP contribution in [0.15, 0.2) is 67.0 Å². The van der Waals surface area contributed by atoms with Crippen molar-refractivity contribution in [3.05, 3.63) is 88.2 Å². The number of nitrogens with zero attached hydrogens (tertiary/aromatic N) is 3. The molecule has 0 aliphatic rings. The topological polar surface area (TPSA) is 93.0 Å². The first-order valence-electron chi connectivity index (χ1n) is 8.68. The lowest BCUT2D eigenvalue weighted by Gasteiger charge is -2.18. The Bertz CT molecular complexity index is 837. The molecule has 3 rings (SSSR count). The molecule has 1 aromatic heterocycles. The van der Waals surface area contributed by atoms with Crippen molar-refractivity contribution >= 4 is 17.3 Å². The Labute approximate surface area is 157 Å². The molecule has 2 N–H and O–H groups in total. The van der Waals surface area contributed by atoms with Crippen LogP contribution in [0.1, 0.15) is 37.1 Å². The lowest BCUT2D eigenvalue weighted by molar-refractivity contribution is -0.383. The van der Waals surface area contributed by atoms with Crippen molar-refractivity contribution in [2.24, 2.45) is 0 Å². The van der Waals surface area contributed by atoms with E-state index in [1.165, 1.54) is 6.33 Å². The van der Waals surface area contributed by atoms with E-state index in [0.29, 0.717) is 0 Å². The predicted octanol–water partition coefficient (Wildman–Crippen LogP) is 4.73. The Kier molecular flexibility index (Phi) is 5.61. The quantitative estimate of drug-likeness (QED) is 0.465. The molecule has 7 nitrogen and oxygen atoms in total. The molecule has 0 aliphatic carbocycles. The van der Waals surface area contributed by atoms with Gasteiger partial charge >= 0.3 is 5.69 Å². The van der Waals surface area contributed by atoms with Crippen molar-refractivity contribution in [1.82, 2.24) is 9.97 Å². The Morgan fingerprint density at radius 2 is 1.22 bits per heavy atom.